The number of nitrogens with two attached hydrogens (primary N) is 1. The smallest absolute Gasteiger partial charge is 0.401 e. The Balaban J connectivity index is 2.09. The van der Waals surface area contributed by atoms with Gasteiger partial charge in [0.25, 0.3) is 5.91 Å². The van der Waals surface area contributed by atoms with Gasteiger partial charge in [-0.15, -0.1) is 0 Å². The van der Waals surface area contributed by atoms with E-state index in [1.165, 1.54) is 44.7 Å². The Bertz CT molecular complexity index is 1650. The predicted octanol–water partition coefficient (Wildman–Crippen LogP) is 1.77. The number of aromatic hydroxyl groups is 1. The van der Waals surface area contributed by atoms with Crippen LogP contribution in [0.2, 0.25) is 0 Å². The molecule has 3 atom stereocenters. The zero-order chi connectivity index (χ0) is 37.0. The molecule has 17 heteroatoms. The monoisotopic (exact) mass is 693 g/mol. The number of carboxylic acid groups (broad SMARTS) is 1. The number of ketones is 2. The van der Waals surface area contributed by atoms with E-state index in [2.05, 4.69) is 0 Å². The number of likely N-dealkylation sites (tertiary alicyclic amines) is 1. The van der Waals surface area contributed by atoms with Crippen LogP contribution in [-0.4, -0.2) is 94.7 Å². The number of carboxylic acids is 1. The lowest BCUT2D eigenvalue weighted by atomic mass is 9.80. The second kappa shape index (κ2) is 15.1. The second-order valence-corrected chi connectivity index (χ2v) is 12.7. The van der Waals surface area contributed by atoms with Crippen molar-refractivity contribution in [1.82, 2.24) is 18.9 Å². The van der Waals surface area contributed by atoms with Crippen LogP contribution in [0.1, 0.15) is 53.0 Å². The third-order valence-electron chi connectivity index (χ3n) is 8.54. The fourth-order valence-corrected chi connectivity index (χ4v) is 5.59. The second-order valence-electron chi connectivity index (χ2n) is 12.7. The Kier molecular flexibility index (Phi) is 11.9. The number of esters is 1. The van der Waals surface area contributed by atoms with Crippen molar-refractivity contribution in [3.05, 3.63) is 52.6 Å². The van der Waals surface area contributed by atoms with Crippen molar-refractivity contribution in [2.45, 2.75) is 90.7 Å². The molecule has 2 aromatic rings. The van der Waals surface area contributed by atoms with Gasteiger partial charge >= 0.3 is 29.6 Å². The number of halogens is 2. The van der Waals surface area contributed by atoms with Gasteiger partial charge in [0.1, 0.15) is 19.2 Å². The molecule has 15 nitrogen and oxygen atoms in total. The van der Waals surface area contributed by atoms with Crippen molar-refractivity contribution in [3.8, 4) is 5.88 Å². The molecule has 1 aromatic carbocycles. The van der Waals surface area contributed by atoms with E-state index < -0.39 is 102 Å². The number of urea groups is 1. The van der Waals surface area contributed by atoms with Crippen LogP contribution in [0.5, 0.6) is 5.88 Å². The molecule has 0 bridgehead atoms. The number of Topliss-reactive ketones (excluding diaryl/α,β-unsaturated/α-hetero) is 2. The lowest BCUT2D eigenvalue weighted by Crippen LogP contribution is -2.70. The maximum Gasteiger partial charge on any atom is 0.401 e. The van der Waals surface area contributed by atoms with Crippen molar-refractivity contribution in [2.75, 3.05) is 6.54 Å². The molecule has 1 aliphatic heterocycles. The summed E-state index contributed by atoms with van der Waals surface area (Å²) in [6.07, 6.45) is 1.70. The van der Waals surface area contributed by atoms with Crippen LogP contribution >= 0.6 is 0 Å². The standard InChI is InChI=1S/C32H41F2N5O10/c1-18(2)25(26(44)32(33,34)28(46)49-17-21-11-7-6-8-12-21)39(30(48)37-13-9-10-20(37)5)27(45)31(35,19(3)4)22(40)14-38-23(41)15-36(29(38)47)16-24(42)43/h6-8,11-12,15,18-20,25,41H,9-10,13-14,16-17,35H2,1-5H3,(H,42,43)/t20-,25+,31-/m1/s1. The number of rotatable bonds is 14. The fraction of sp³-hybridized carbons (Fsp3) is 0.531. The maximum absolute atomic E-state index is 15.7. The lowest BCUT2D eigenvalue weighted by Gasteiger charge is -2.41. The highest BCUT2D eigenvalue weighted by Crippen LogP contribution is 2.31. The Morgan fingerprint density at radius 2 is 1.67 bits per heavy atom. The third-order valence-corrected chi connectivity index (χ3v) is 8.54. The number of nitrogens with zero attached hydrogens (tertiary/aromatic N) is 4. The van der Waals surface area contributed by atoms with E-state index in [1.807, 2.05) is 0 Å². The zero-order valence-corrected chi connectivity index (χ0v) is 27.8. The predicted molar refractivity (Wildman–Crippen MR) is 167 cm³/mol. The van der Waals surface area contributed by atoms with Crippen LogP contribution in [0, 0.1) is 11.8 Å². The SMILES string of the molecule is CC(C)[C@@H](C(=O)C(F)(F)C(=O)OCc1ccccc1)N(C(=O)N1CCC[C@H]1C)C(=O)[C@](N)(C(=O)Cn1c(O)cn(CC(=O)O)c1=O)C(C)C. The van der Waals surface area contributed by atoms with Crippen molar-refractivity contribution >= 4 is 35.4 Å². The summed E-state index contributed by atoms with van der Waals surface area (Å²) < 4.78 is 37.1. The molecule has 1 fully saturated rings. The van der Waals surface area contributed by atoms with Gasteiger partial charge in [-0.3, -0.25) is 33.2 Å². The van der Waals surface area contributed by atoms with Crippen LogP contribution in [0.4, 0.5) is 13.6 Å². The lowest BCUT2D eigenvalue weighted by molar-refractivity contribution is -0.181. The number of imidazole rings is 1. The minimum atomic E-state index is -4.86. The Labute approximate surface area is 280 Å². The molecule has 3 amide bonds. The summed E-state index contributed by atoms with van der Waals surface area (Å²) in [7, 11) is 0. The molecule has 1 saturated heterocycles. The first kappa shape index (κ1) is 38.5. The molecule has 49 heavy (non-hydrogen) atoms. The first-order chi connectivity index (χ1) is 22.8. The number of ether oxygens (including phenoxy) is 1. The summed E-state index contributed by atoms with van der Waals surface area (Å²) in [5, 5.41) is 19.4. The van der Waals surface area contributed by atoms with E-state index in [1.54, 1.807) is 25.1 Å². The number of alkyl halides is 2. The summed E-state index contributed by atoms with van der Waals surface area (Å²) in [5.41, 5.74) is 2.89. The molecule has 0 radical (unpaired) electrons. The Morgan fingerprint density at radius 1 is 1.06 bits per heavy atom. The molecular weight excluding hydrogens is 652 g/mol. The van der Waals surface area contributed by atoms with E-state index in [-0.39, 0.29) is 11.4 Å². The quantitative estimate of drug-likeness (QED) is 0.192. The van der Waals surface area contributed by atoms with Gasteiger partial charge in [0.2, 0.25) is 11.7 Å². The number of hydrogen-bond acceptors (Lipinski definition) is 10. The summed E-state index contributed by atoms with van der Waals surface area (Å²) in [6, 6.07) is 3.77. The molecule has 0 saturated carbocycles. The summed E-state index contributed by atoms with van der Waals surface area (Å²) in [4.78, 5) is 94.1. The molecule has 3 rings (SSSR count). The molecule has 268 valence electrons. The molecular formula is C32H41F2N5O10. The number of aromatic nitrogens is 2. The van der Waals surface area contributed by atoms with Crippen molar-refractivity contribution < 1.29 is 52.5 Å². The average Bonchev–Trinajstić information content (AvgIpc) is 3.58. The number of imide groups is 1. The zero-order valence-electron chi connectivity index (χ0n) is 27.8. The van der Waals surface area contributed by atoms with Gasteiger partial charge in [-0.1, -0.05) is 58.0 Å². The van der Waals surface area contributed by atoms with Crippen molar-refractivity contribution in [3.63, 3.8) is 0 Å². The van der Waals surface area contributed by atoms with Gasteiger partial charge in [0, 0.05) is 12.6 Å². The van der Waals surface area contributed by atoms with E-state index in [0.29, 0.717) is 27.5 Å². The van der Waals surface area contributed by atoms with Gasteiger partial charge in [-0.25, -0.2) is 14.4 Å². The van der Waals surface area contributed by atoms with E-state index in [4.69, 9.17) is 15.6 Å². The normalized spacial score (nSPS) is 16.7. The largest absolute Gasteiger partial charge is 0.493 e. The first-order valence-corrected chi connectivity index (χ1v) is 15.6. The van der Waals surface area contributed by atoms with E-state index >= 15 is 8.78 Å². The molecule has 0 unspecified atom stereocenters. The molecule has 0 spiro atoms. The fourth-order valence-electron chi connectivity index (χ4n) is 5.59. The van der Waals surface area contributed by atoms with Crippen LogP contribution in [-0.2, 0) is 48.4 Å². The Hall–Kier alpha value is -4.93. The summed E-state index contributed by atoms with van der Waals surface area (Å²) >= 11 is 0. The van der Waals surface area contributed by atoms with Crippen LogP contribution < -0.4 is 11.4 Å². The highest BCUT2D eigenvalue weighted by Gasteiger charge is 2.59. The minimum absolute atomic E-state index is 0.0752. The van der Waals surface area contributed by atoms with E-state index in [9.17, 15) is 38.7 Å². The van der Waals surface area contributed by atoms with Crippen LogP contribution in [0.3, 0.4) is 0 Å². The van der Waals surface area contributed by atoms with Gasteiger partial charge in [0.15, 0.2) is 11.3 Å². The maximum atomic E-state index is 15.7. The number of carbonyl (C=O) groups is 6. The molecule has 0 aliphatic carbocycles. The third kappa shape index (κ3) is 7.87. The van der Waals surface area contributed by atoms with Gasteiger partial charge in [-0.2, -0.15) is 8.78 Å². The van der Waals surface area contributed by atoms with Gasteiger partial charge < -0.3 is 25.6 Å². The molecule has 2 heterocycles. The molecule has 4 N–H and O–H groups in total. The number of benzene rings is 1. The molecule has 1 aromatic heterocycles. The average molecular weight is 694 g/mol. The number of aliphatic carboxylic acids is 1. The van der Waals surface area contributed by atoms with Crippen LogP contribution in [0.15, 0.2) is 41.3 Å². The highest BCUT2D eigenvalue weighted by atomic mass is 19.3. The Morgan fingerprint density at radius 3 is 2.18 bits per heavy atom. The van der Waals surface area contributed by atoms with Crippen molar-refractivity contribution in [1.29, 1.82) is 0 Å². The van der Waals surface area contributed by atoms with Crippen LogP contribution in [0.25, 0.3) is 0 Å². The number of amides is 3. The number of hydrogen-bond donors (Lipinski definition) is 3. The number of carbonyl (C=O) groups excluding carboxylic acids is 5. The molecule has 1 aliphatic rings. The van der Waals surface area contributed by atoms with Gasteiger partial charge in [-0.05, 0) is 37.2 Å². The first-order valence-electron chi connectivity index (χ1n) is 15.6. The topological polar surface area (TPSA) is 212 Å². The summed E-state index contributed by atoms with van der Waals surface area (Å²) in [5.74, 6) is -16.8. The van der Waals surface area contributed by atoms with Crippen molar-refractivity contribution in [2.24, 2.45) is 17.6 Å². The summed E-state index contributed by atoms with van der Waals surface area (Å²) in [6.45, 7) is 4.26. The van der Waals surface area contributed by atoms with E-state index in [0.717, 1.165) is 6.20 Å². The minimum Gasteiger partial charge on any atom is -0.493 e. The highest BCUT2D eigenvalue weighted by molar-refractivity contribution is 6.17. The van der Waals surface area contributed by atoms with Gasteiger partial charge in [0.05, 0.1) is 12.7 Å².